The molecule has 0 amide bonds. The number of nitrogens with zero attached hydrogens (tertiary/aromatic N) is 2. The molecular formula is C22H36Cl2F3N3O2. The van der Waals surface area contributed by atoms with Crippen molar-refractivity contribution >= 4 is 24.8 Å². The van der Waals surface area contributed by atoms with Crippen LogP contribution in [0.3, 0.4) is 0 Å². The number of β-amino-alcohol motifs (C(OH)–C–C–N with tert-alkyl or cyclic N) is 1. The van der Waals surface area contributed by atoms with Gasteiger partial charge in [0.2, 0.25) is 0 Å². The third-order valence-electron chi connectivity index (χ3n) is 6.33. The van der Waals surface area contributed by atoms with Crippen LogP contribution in [0, 0.1) is 11.8 Å². The summed E-state index contributed by atoms with van der Waals surface area (Å²) in [6.45, 7) is 5.09. The number of alkyl halides is 3. The van der Waals surface area contributed by atoms with Gasteiger partial charge in [-0.25, -0.2) is 0 Å². The molecule has 2 saturated heterocycles. The second-order valence-corrected chi connectivity index (χ2v) is 8.68. The van der Waals surface area contributed by atoms with Crippen LogP contribution >= 0.6 is 24.8 Å². The SMILES string of the molecule is Cl.Cl.NCC1CCN(CC(O)COc2ccc(CN3CCC(C(F)(F)F)CC3)cc2)CC1. The quantitative estimate of drug-likeness (QED) is 0.568. The molecule has 3 N–H and O–H groups in total. The van der Waals surface area contributed by atoms with E-state index in [1.807, 2.05) is 24.3 Å². The molecule has 1 unspecified atom stereocenters. The summed E-state index contributed by atoms with van der Waals surface area (Å²) in [5.41, 5.74) is 6.77. The van der Waals surface area contributed by atoms with E-state index in [2.05, 4.69) is 9.80 Å². The minimum atomic E-state index is -4.07. The van der Waals surface area contributed by atoms with Crippen LogP contribution in [0.25, 0.3) is 0 Å². The Kier molecular flexibility index (Phi) is 12.6. The predicted octanol–water partition coefficient (Wildman–Crippen LogP) is 3.71. The van der Waals surface area contributed by atoms with Gasteiger partial charge < -0.3 is 20.5 Å². The molecule has 0 aliphatic carbocycles. The standard InChI is InChI=1S/C22H34F3N3O2.2ClH/c23-22(24,25)19-7-11-27(12-8-19)14-18-1-3-21(4-2-18)30-16-20(29)15-28-9-5-17(13-26)6-10-28;;/h1-4,17,19-20,29H,5-16,26H2;2*1H. The van der Waals surface area contributed by atoms with Gasteiger partial charge in [0, 0.05) is 13.1 Å². The lowest BCUT2D eigenvalue weighted by Gasteiger charge is -2.33. The fraction of sp³-hybridized carbons (Fsp3) is 0.727. The Labute approximate surface area is 201 Å². The topological polar surface area (TPSA) is 62.0 Å². The van der Waals surface area contributed by atoms with Gasteiger partial charge in [-0.1, -0.05) is 12.1 Å². The lowest BCUT2D eigenvalue weighted by molar-refractivity contribution is -0.185. The summed E-state index contributed by atoms with van der Waals surface area (Å²) in [5.74, 6) is 0.127. The summed E-state index contributed by atoms with van der Waals surface area (Å²) in [6, 6.07) is 7.60. The summed E-state index contributed by atoms with van der Waals surface area (Å²) >= 11 is 0. The van der Waals surface area contributed by atoms with Crippen molar-refractivity contribution in [3.8, 4) is 5.75 Å². The number of nitrogens with two attached hydrogens (primary N) is 1. The number of aliphatic hydroxyl groups excluding tert-OH is 1. The molecule has 2 aliphatic heterocycles. The van der Waals surface area contributed by atoms with Gasteiger partial charge in [-0.3, -0.25) is 4.90 Å². The number of aliphatic hydroxyl groups is 1. The minimum Gasteiger partial charge on any atom is -0.491 e. The molecule has 3 rings (SSSR count). The third-order valence-corrected chi connectivity index (χ3v) is 6.33. The molecule has 5 nitrogen and oxygen atoms in total. The van der Waals surface area contributed by atoms with Gasteiger partial charge in [0.1, 0.15) is 18.5 Å². The van der Waals surface area contributed by atoms with Gasteiger partial charge in [0.25, 0.3) is 0 Å². The van der Waals surface area contributed by atoms with E-state index in [0.29, 0.717) is 37.8 Å². The van der Waals surface area contributed by atoms with Crippen LogP contribution < -0.4 is 10.5 Å². The largest absolute Gasteiger partial charge is 0.491 e. The Morgan fingerprint density at radius 2 is 1.53 bits per heavy atom. The van der Waals surface area contributed by atoms with Crippen molar-refractivity contribution < 1.29 is 23.0 Å². The highest BCUT2D eigenvalue weighted by atomic mass is 35.5. The molecule has 186 valence electrons. The van der Waals surface area contributed by atoms with Crippen molar-refractivity contribution in [1.29, 1.82) is 0 Å². The van der Waals surface area contributed by atoms with Gasteiger partial charge in [0.05, 0.1) is 5.92 Å². The van der Waals surface area contributed by atoms with Crippen molar-refractivity contribution in [2.24, 2.45) is 17.6 Å². The van der Waals surface area contributed by atoms with Crippen molar-refractivity contribution in [2.45, 2.75) is 44.5 Å². The smallest absolute Gasteiger partial charge is 0.391 e. The summed E-state index contributed by atoms with van der Waals surface area (Å²) in [6.07, 6.45) is -2.11. The van der Waals surface area contributed by atoms with Crippen LogP contribution in [0.4, 0.5) is 13.2 Å². The van der Waals surface area contributed by atoms with E-state index in [9.17, 15) is 18.3 Å². The molecule has 2 aliphatic rings. The molecule has 0 aromatic heterocycles. The molecule has 0 radical (unpaired) electrons. The third kappa shape index (κ3) is 9.23. The molecule has 2 fully saturated rings. The normalized spacial score (nSPS) is 20.3. The Hall–Kier alpha value is -0.770. The van der Waals surface area contributed by atoms with Gasteiger partial charge in [-0.15, -0.1) is 24.8 Å². The average molecular weight is 502 g/mol. The highest BCUT2D eigenvalue weighted by molar-refractivity contribution is 5.85. The molecule has 0 bridgehead atoms. The van der Waals surface area contributed by atoms with Gasteiger partial charge in [-0.2, -0.15) is 13.2 Å². The zero-order valence-electron chi connectivity index (χ0n) is 18.3. The Morgan fingerprint density at radius 1 is 0.969 bits per heavy atom. The molecule has 0 spiro atoms. The first-order valence-corrected chi connectivity index (χ1v) is 10.9. The average Bonchev–Trinajstić information content (AvgIpc) is 2.73. The first-order valence-electron chi connectivity index (χ1n) is 10.9. The monoisotopic (exact) mass is 501 g/mol. The zero-order valence-corrected chi connectivity index (χ0v) is 19.9. The van der Waals surface area contributed by atoms with Crippen LogP contribution in [0.1, 0.15) is 31.2 Å². The fourth-order valence-corrected chi connectivity index (χ4v) is 4.32. The van der Waals surface area contributed by atoms with E-state index in [1.165, 1.54) is 0 Å². The number of halogens is 5. The maximum absolute atomic E-state index is 12.8. The Balaban J connectivity index is 0.00000256. The molecule has 1 aromatic carbocycles. The Bertz CT molecular complexity index is 636. The maximum Gasteiger partial charge on any atom is 0.391 e. The molecule has 32 heavy (non-hydrogen) atoms. The van der Waals surface area contributed by atoms with Crippen molar-refractivity contribution in [2.75, 3.05) is 45.9 Å². The maximum atomic E-state index is 12.8. The molecular weight excluding hydrogens is 466 g/mol. The second kappa shape index (κ2) is 13.8. The zero-order chi connectivity index (χ0) is 21.6. The summed E-state index contributed by atoms with van der Waals surface area (Å²) in [5, 5.41) is 10.3. The van der Waals surface area contributed by atoms with E-state index >= 15 is 0 Å². The summed E-state index contributed by atoms with van der Waals surface area (Å²) < 4.78 is 44.0. The number of hydrogen-bond acceptors (Lipinski definition) is 5. The number of piperidine rings is 2. The predicted molar refractivity (Wildman–Crippen MR) is 125 cm³/mol. The summed E-state index contributed by atoms with van der Waals surface area (Å²) in [7, 11) is 0. The van der Waals surface area contributed by atoms with Crippen molar-refractivity contribution in [1.82, 2.24) is 9.80 Å². The molecule has 10 heteroatoms. The Morgan fingerprint density at radius 3 is 2.06 bits per heavy atom. The molecule has 1 aromatic rings. The number of likely N-dealkylation sites (tertiary alicyclic amines) is 2. The highest BCUT2D eigenvalue weighted by Gasteiger charge is 2.40. The van der Waals surface area contributed by atoms with Crippen LogP contribution in [-0.4, -0.2) is 73.1 Å². The van der Waals surface area contributed by atoms with Crippen LogP contribution in [0.15, 0.2) is 24.3 Å². The first-order chi connectivity index (χ1) is 14.3. The van der Waals surface area contributed by atoms with Gasteiger partial charge in [0.15, 0.2) is 0 Å². The van der Waals surface area contributed by atoms with Crippen LogP contribution in [0.2, 0.25) is 0 Å². The first kappa shape index (κ1) is 29.3. The second-order valence-electron chi connectivity index (χ2n) is 8.68. The van der Waals surface area contributed by atoms with Crippen molar-refractivity contribution in [3.63, 3.8) is 0 Å². The van der Waals surface area contributed by atoms with Crippen LogP contribution in [-0.2, 0) is 6.54 Å². The van der Waals surface area contributed by atoms with E-state index in [0.717, 1.165) is 38.0 Å². The van der Waals surface area contributed by atoms with Gasteiger partial charge in [-0.05, 0) is 82.0 Å². The fourth-order valence-electron chi connectivity index (χ4n) is 4.32. The van der Waals surface area contributed by atoms with E-state index in [-0.39, 0.29) is 44.3 Å². The number of hydrogen-bond donors (Lipinski definition) is 2. The molecule has 1 atom stereocenters. The van der Waals surface area contributed by atoms with E-state index in [1.54, 1.807) is 0 Å². The summed E-state index contributed by atoms with van der Waals surface area (Å²) in [4.78, 5) is 4.32. The molecule has 2 heterocycles. The van der Waals surface area contributed by atoms with Crippen molar-refractivity contribution in [3.05, 3.63) is 29.8 Å². The van der Waals surface area contributed by atoms with Crippen LogP contribution in [0.5, 0.6) is 5.75 Å². The highest BCUT2D eigenvalue weighted by Crippen LogP contribution is 2.34. The number of rotatable bonds is 8. The number of benzene rings is 1. The van der Waals surface area contributed by atoms with Gasteiger partial charge >= 0.3 is 6.18 Å². The number of ether oxygens (including phenoxy) is 1. The molecule has 0 saturated carbocycles. The lowest BCUT2D eigenvalue weighted by atomic mass is 9.96. The lowest BCUT2D eigenvalue weighted by Crippen LogP contribution is -2.41. The van der Waals surface area contributed by atoms with E-state index in [4.69, 9.17) is 10.5 Å². The van der Waals surface area contributed by atoms with E-state index < -0.39 is 18.2 Å². The minimum absolute atomic E-state index is 0.